The summed E-state index contributed by atoms with van der Waals surface area (Å²) < 4.78 is 0. The van der Waals surface area contributed by atoms with Gasteiger partial charge >= 0.3 is 5.69 Å². The fraction of sp³-hybridized carbons (Fsp3) is 0.0909. The van der Waals surface area contributed by atoms with Gasteiger partial charge in [-0.1, -0.05) is 11.6 Å². The van der Waals surface area contributed by atoms with E-state index in [-0.39, 0.29) is 11.4 Å². The number of nitrogens with one attached hydrogen (secondary N) is 2. The van der Waals surface area contributed by atoms with Crippen molar-refractivity contribution in [1.29, 1.82) is 0 Å². The third-order valence-corrected chi connectivity index (χ3v) is 3.02. The second-order valence-corrected chi connectivity index (χ2v) is 4.43. The fourth-order valence-electron chi connectivity index (χ4n) is 1.58. The van der Waals surface area contributed by atoms with Crippen LogP contribution >= 0.6 is 11.6 Å². The highest BCUT2D eigenvalue weighted by molar-refractivity contribution is 6.31. The Labute approximate surface area is 118 Å². The molecule has 0 aliphatic heterocycles. The van der Waals surface area contributed by atoms with Crippen LogP contribution in [0.4, 0.5) is 17.1 Å². The van der Waals surface area contributed by atoms with Gasteiger partial charge in [-0.15, -0.1) is 0 Å². The molecular weight excluding hydrogens is 286 g/mol. The van der Waals surface area contributed by atoms with Crippen LogP contribution in [0.2, 0.25) is 5.02 Å². The number of anilines is 2. The third-order valence-electron chi connectivity index (χ3n) is 2.61. The van der Waals surface area contributed by atoms with Crippen LogP contribution in [0.3, 0.4) is 0 Å². The number of nitrogens with zero attached hydrogens (tertiary/aromatic N) is 2. The average Bonchev–Trinajstić information content (AvgIpc) is 2.85. The van der Waals surface area contributed by atoms with Gasteiger partial charge in [-0.2, -0.15) is 5.10 Å². The van der Waals surface area contributed by atoms with Crippen LogP contribution in [0.25, 0.3) is 0 Å². The molecule has 8 nitrogen and oxygen atoms in total. The molecule has 104 valence electrons. The van der Waals surface area contributed by atoms with Crippen LogP contribution < -0.4 is 11.1 Å². The van der Waals surface area contributed by atoms with Gasteiger partial charge in [0.2, 0.25) is 5.69 Å². The largest absolute Gasteiger partial charge is 0.397 e. The van der Waals surface area contributed by atoms with Gasteiger partial charge in [0.1, 0.15) is 6.20 Å². The van der Waals surface area contributed by atoms with Gasteiger partial charge < -0.3 is 11.1 Å². The lowest BCUT2D eigenvalue weighted by atomic mass is 10.2. The molecular formula is C11H10ClN5O3. The van der Waals surface area contributed by atoms with Crippen LogP contribution in [-0.4, -0.2) is 21.0 Å². The van der Waals surface area contributed by atoms with Crippen LogP contribution in [0.15, 0.2) is 18.3 Å². The number of aryl methyl sites for hydroxylation is 1. The summed E-state index contributed by atoms with van der Waals surface area (Å²) in [5.41, 5.74) is 6.29. The molecule has 1 heterocycles. The minimum Gasteiger partial charge on any atom is -0.397 e. The Kier molecular flexibility index (Phi) is 3.57. The number of aromatic amines is 1. The second-order valence-electron chi connectivity index (χ2n) is 4.02. The number of H-pyrrole nitrogens is 1. The Bertz CT molecular complexity index is 697. The van der Waals surface area contributed by atoms with Gasteiger partial charge in [-0.05, 0) is 24.6 Å². The van der Waals surface area contributed by atoms with Crippen molar-refractivity contribution in [3.05, 3.63) is 44.7 Å². The van der Waals surface area contributed by atoms with Crippen LogP contribution in [0.5, 0.6) is 0 Å². The number of nitrogens with two attached hydrogens (primary N) is 1. The zero-order valence-electron chi connectivity index (χ0n) is 10.3. The quantitative estimate of drug-likeness (QED) is 0.454. The maximum Gasteiger partial charge on any atom is 0.319 e. The third kappa shape index (κ3) is 2.54. The average molecular weight is 296 g/mol. The number of nitrogen functional groups attached to an aromatic ring is 1. The van der Waals surface area contributed by atoms with Gasteiger partial charge in [-0.25, -0.2) is 0 Å². The number of carbonyl (C=O) groups is 1. The number of amides is 1. The van der Waals surface area contributed by atoms with Crippen LogP contribution in [-0.2, 0) is 0 Å². The van der Waals surface area contributed by atoms with Crippen molar-refractivity contribution in [1.82, 2.24) is 10.2 Å². The first-order valence-electron chi connectivity index (χ1n) is 5.45. The molecule has 2 aromatic rings. The van der Waals surface area contributed by atoms with Crippen molar-refractivity contribution in [3.8, 4) is 0 Å². The Hall–Kier alpha value is -2.61. The maximum atomic E-state index is 12.0. The van der Waals surface area contributed by atoms with E-state index in [1.165, 1.54) is 6.07 Å². The molecule has 0 bridgehead atoms. The smallest absolute Gasteiger partial charge is 0.319 e. The van der Waals surface area contributed by atoms with Gasteiger partial charge in [0, 0.05) is 5.02 Å². The molecule has 1 aromatic carbocycles. The summed E-state index contributed by atoms with van der Waals surface area (Å²) in [7, 11) is 0. The number of aromatic nitrogens is 2. The Morgan fingerprint density at radius 1 is 1.55 bits per heavy atom. The highest BCUT2D eigenvalue weighted by Gasteiger charge is 2.24. The summed E-state index contributed by atoms with van der Waals surface area (Å²) in [4.78, 5) is 22.0. The van der Waals surface area contributed by atoms with E-state index in [4.69, 9.17) is 17.3 Å². The lowest BCUT2D eigenvalue weighted by molar-refractivity contribution is -0.385. The fourth-order valence-corrected chi connectivity index (χ4v) is 1.75. The number of benzene rings is 1. The number of halogens is 1. The highest BCUT2D eigenvalue weighted by atomic mass is 35.5. The monoisotopic (exact) mass is 295 g/mol. The zero-order valence-corrected chi connectivity index (χ0v) is 11.1. The molecule has 0 fully saturated rings. The standard InChI is InChI=1S/C11H10ClN5O3/c1-5-2-8(7(13)3-6(5)12)15-11(18)10-9(17(19)20)4-14-16-10/h2-4H,13H2,1H3,(H,14,16)(H,15,18). The van der Waals surface area contributed by atoms with E-state index >= 15 is 0 Å². The SMILES string of the molecule is Cc1cc(NC(=O)c2n[nH]cc2[N+](=O)[O-])c(N)cc1Cl. The van der Waals surface area contributed by atoms with Crippen molar-refractivity contribution >= 4 is 34.6 Å². The number of nitro groups is 1. The highest BCUT2D eigenvalue weighted by Crippen LogP contribution is 2.27. The van der Waals surface area contributed by atoms with E-state index in [2.05, 4.69) is 15.5 Å². The van der Waals surface area contributed by atoms with Crippen molar-refractivity contribution in [2.75, 3.05) is 11.1 Å². The van der Waals surface area contributed by atoms with E-state index < -0.39 is 16.5 Å². The first-order valence-corrected chi connectivity index (χ1v) is 5.83. The summed E-state index contributed by atoms with van der Waals surface area (Å²) in [6.45, 7) is 1.74. The lowest BCUT2D eigenvalue weighted by Gasteiger charge is -2.09. The first-order chi connectivity index (χ1) is 9.40. The molecule has 0 saturated carbocycles. The molecule has 0 spiro atoms. The van der Waals surface area contributed by atoms with Gasteiger partial charge in [0.15, 0.2) is 0 Å². The first kappa shape index (κ1) is 13.8. The van der Waals surface area contributed by atoms with Crippen LogP contribution in [0.1, 0.15) is 16.1 Å². The maximum absolute atomic E-state index is 12.0. The summed E-state index contributed by atoms with van der Waals surface area (Å²) >= 11 is 5.89. The molecule has 0 aliphatic rings. The van der Waals surface area contributed by atoms with Crippen molar-refractivity contribution in [2.24, 2.45) is 0 Å². The van der Waals surface area contributed by atoms with Gasteiger partial charge in [0.25, 0.3) is 5.91 Å². The molecule has 4 N–H and O–H groups in total. The summed E-state index contributed by atoms with van der Waals surface area (Å²) in [5.74, 6) is -0.730. The van der Waals surface area contributed by atoms with E-state index in [1.807, 2.05) is 0 Å². The van der Waals surface area contributed by atoms with Crippen LogP contribution in [0, 0.1) is 17.0 Å². The molecule has 0 unspecified atom stereocenters. The van der Waals surface area contributed by atoms with Crippen molar-refractivity contribution < 1.29 is 9.72 Å². The molecule has 0 atom stereocenters. The number of rotatable bonds is 3. The Morgan fingerprint density at radius 2 is 2.25 bits per heavy atom. The molecule has 1 amide bonds. The number of hydrogen-bond acceptors (Lipinski definition) is 5. The van der Waals surface area contributed by atoms with E-state index in [1.54, 1.807) is 13.0 Å². The number of hydrogen-bond donors (Lipinski definition) is 3. The van der Waals surface area contributed by atoms with Gasteiger partial charge in [0.05, 0.1) is 16.3 Å². The summed E-state index contributed by atoms with van der Waals surface area (Å²) in [6.07, 6.45) is 1.03. The van der Waals surface area contributed by atoms with Gasteiger partial charge in [-0.3, -0.25) is 20.0 Å². The molecule has 0 radical (unpaired) electrons. The van der Waals surface area contributed by atoms with Crippen molar-refractivity contribution in [2.45, 2.75) is 6.92 Å². The predicted octanol–water partition coefficient (Wildman–Crippen LogP) is 2.11. The molecule has 20 heavy (non-hydrogen) atoms. The summed E-state index contributed by atoms with van der Waals surface area (Å²) in [5, 5.41) is 19.5. The minimum absolute atomic E-state index is 0.257. The van der Waals surface area contributed by atoms with E-state index in [0.717, 1.165) is 6.20 Å². The molecule has 0 saturated heterocycles. The summed E-state index contributed by atoms with van der Waals surface area (Å²) in [6, 6.07) is 3.07. The Balaban J connectivity index is 2.30. The van der Waals surface area contributed by atoms with Crippen molar-refractivity contribution in [3.63, 3.8) is 0 Å². The second kappa shape index (κ2) is 5.17. The zero-order chi connectivity index (χ0) is 14.9. The lowest BCUT2D eigenvalue weighted by Crippen LogP contribution is -2.15. The predicted molar refractivity (Wildman–Crippen MR) is 73.8 cm³/mol. The topological polar surface area (TPSA) is 127 Å². The molecule has 9 heteroatoms. The molecule has 0 aliphatic carbocycles. The van der Waals surface area contributed by atoms with E-state index in [9.17, 15) is 14.9 Å². The minimum atomic E-state index is -0.730. The Morgan fingerprint density at radius 3 is 2.90 bits per heavy atom. The molecule has 1 aromatic heterocycles. The molecule has 2 rings (SSSR count). The number of carbonyl (C=O) groups excluding carboxylic acids is 1. The normalized spacial score (nSPS) is 10.3. The van der Waals surface area contributed by atoms with E-state index in [0.29, 0.717) is 16.3 Å².